The molecule has 0 bridgehead atoms. The smallest absolute Gasteiger partial charge is 0.186 e. The maximum Gasteiger partial charge on any atom is 0.186 e. The second kappa shape index (κ2) is 14.2. The van der Waals surface area contributed by atoms with Crippen molar-refractivity contribution in [1.29, 1.82) is 0 Å². The van der Waals surface area contributed by atoms with Crippen LogP contribution in [0.15, 0.2) is 30.3 Å². The quantitative estimate of drug-likeness (QED) is 0.213. The standard InChI is InChI=1S/C27H39O4P/c1-6-9-15-29-22-18-23(30-16-10-7-2)26(24(19-22)31-17-11-8-3)32-27(28)25-20(4)13-12-14-21(25)5/h12-14,18-19,32H,6-11,15-17H2,1-5H3. The van der Waals surface area contributed by atoms with Crippen LogP contribution in [0.4, 0.5) is 0 Å². The minimum Gasteiger partial charge on any atom is -0.493 e. The third-order valence-electron chi connectivity index (χ3n) is 5.26. The Morgan fingerprint density at radius 3 is 1.72 bits per heavy atom. The molecule has 0 spiro atoms. The molecule has 1 unspecified atom stereocenters. The van der Waals surface area contributed by atoms with Crippen LogP contribution in [-0.4, -0.2) is 25.3 Å². The molecular formula is C27H39O4P. The van der Waals surface area contributed by atoms with Crippen molar-refractivity contribution < 1.29 is 19.0 Å². The Hall–Kier alpha value is -2.06. The van der Waals surface area contributed by atoms with Gasteiger partial charge in [-0.15, -0.1) is 0 Å². The highest BCUT2D eigenvalue weighted by molar-refractivity contribution is 7.66. The van der Waals surface area contributed by atoms with E-state index in [9.17, 15) is 4.79 Å². The Kier molecular flexibility index (Phi) is 11.6. The van der Waals surface area contributed by atoms with Gasteiger partial charge in [-0.1, -0.05) is 58.2 Å². The number of carbonyl (C=O) groups is 1. The first-order valence-corrected chi connectivity index (χ1v) is 13.0. The Balaban J connectivity index is 2.42. The van der Waals surface area contributed by atoms with E-state index in [1.807, 2.05) is 44.2 Å². The SMILES string of the molecule is CCCCOc1cc(OCCCC)c(PC(=O)c2c(C)cccc2C)c(OCCCC)c1. The fourth-order valence-electron chi connectivity index (χ4n) is 3.34. The van der Waals surface area contributed by atoms with Gasteiger partial charge >= 0.3 is 0 Å². The summed E-state index contributed by atoms with van der Waals surface area (Å²) in [6.45, 7) is 12.3. The molecule has 176 valence electrons. The lowest BCUT2D eigenvalue weighted by atomic mass is 10.0. The van der Waals surface area contributed by atoms with E-state index in [0.717, 1.165) is 66.3 Å². The summed E-state index contributed by atoms with van der Waals surface area (Å²) < 4.78 is 18.3. The van der Waals surface area contributed by atoms with Crippen LogP contribution in [0, 0.1) is 13.8 Å². The lowest BCUT2D eigenvalue weighted by Crippen LogP contribution is -2.14. The average molecular weight is 459 g/mol. The summed E-state index contributed by atoms with van der Waals surface area (Å²) in [6.07, 6.45) is 6.08. The zero-order chi connectivity index (χ0) is 23.3. The van der Waals surface area contributed by atoms with Gasteiger partial charge in [-0.3, -0.25) is 4.79 Å². The van der Waals surface area contributed by atoms with E-state index in [1.165, 1.54) is 0 Å². The molecule has 4 nitrogen and oxygen atoms in total. The molecule has 0 aliphatic rings. The van der Waals surface area contributed by atoms with Gasteiger partial charge in [0.15, 0.2) is 5.52 Å². The van der Waals surface area contributed by atoms with Crippen LogP contribution in [0.5, 0.6) is 17.2 Å². The summed E-state index contributed by atoms with van der Waals surface area (Å²) in [7, 11) is -0.0757. The molecular weight excluding hydrogens is 419 g/mol. The highest BCUT2D eigenvalue weighted by Crippen LogP contribution is 2.35. The zero-order valence-electron chi connectivity index (χ0n) is 20.4. The lowest BCUT2D eigenvalue weighted by Gasteiger charge is -2.19. The fourth-order valence-corrected chi connectivity index (χ4v) is 4.62. The van der Waals surface area contributed by atoms with Crippen LogP contribution >= 0.6 is 8.58 Å². The van der Waals surface area contributed by atoms with E-state index in [0.29, 0.717) is 31.3 Å². The summed E-state index contributed by atoms with van der Waals surface area (Å²) >= 11 is 0. The molecule has 0 N–H and O–H groups in total. The van der Waals surface area contributed by atoms with Gasteiger partial charge in [0.2, 0.25) is 0 Å². The zero-order valence-corrected chi connectivity index (χ0v) is 21.4. The van der Waals surface area contributed by atoms with Crippen molar-refractivity contribution in [3.8, 4) is 17.2 Å². The number of carbonyl (C=O) groups excluding carboxylic acids is 1. The van der Waals surface area contributed by atoms with Crippen LogP contribution < -0.4 is 19.5 Å². The van der Waals surface area contributed by atoms with Crippen molar-refractivity contribution in [2.24, 2.45) is 0 Å². The molecule has 2 aromatic carbocycles. The number of rotatable bonds is 15. The van der Waals surface area contributed by atoms with Crippen molar-refractivity contribution in [2.75, 3.05) is 19.8 Å². The molecule has 2 aromatic rings. The van der Waals surface area contributed by atoms with Gasteiger partial charge in [0.25, 0.3) is 0 Å². The molecule has 0 saturated carbocycles. The maximum atomic E-state index is 13.4. The van der Waals surface area contributed by atoms with Crippen LogP contribution in [0.3, 0.4) is 0 Å². The van der Waals surface area contributed by atoms with Crippen molar-refractivity contribution in [3.63, 3.8) is 0 Å². The number of benzene rings is 2. The monoisotopic (exact) mass is 458 g/mol. The molecule has 0 fully saturated rings. The number of unbranched alkanes of at least 4 members (excludes halogenated alkanes) is 3. The number of ether oxygens (including phenoxy) is 3. The van der Waals surface area contributed by atoms with E-state index in [4.69, 9.17) is 14.2 Å². The fraction of sp³-hybridized carbons (Fsp3) is 0.519. The molecule has 0 aliphatic carbocycles. The minimum absolute atomic E-state index is 0.0757. The number of hydrogen-bond donors (Lipinski definition) is 0. The van der Waals surface area contributed by atoms with Crippen LogP contribution in [0.25, 0.3) is 0 Å². The normalized spacial score (nSPS) is 11.2. The lowest BCUT2D eigenvalue weighted by molar-refractivity contribution is 0.108. The Morgan fingerprint density at radius 1 is 0.781 bits per heavy atom. The topological polar surface area (TPSA) is 44.8 Å². The van der Waals surface area contributed by atoms with Crippen LogP contribution in [0.1, 0.15) is 80.8 Å². The second-order valence-electron chi connectivity index (χ2n) is 8.12. The highest BCUT2D eigenvalue weighted by atomic mass is 31.1. The van der Waals surface area contributed by atoms with Crippen molar-refractivity contribution in [2.45, 2.75) is 73.1 Å². The van der Waals surface area contributed by atoms with Crippen molar-refractivity contribution in [3.05, 3.63) is 47.0 Å². The largest absolute Gasteiger partial charge is 0.493 e. The molecule has 0 aliphatic heterocycles. The molecule has 0 saturated heterocycles. The summed E-state index contributed by atoms with van der Waals surface area (Å²) in [5, 5.41) is 0.840. The first-order chi connectivity index (χ1) is 15.5. The molecule has 0 amide bonds. The van der Waals surface area contributed by atoms with E-state index < -0.39 is 0 Å². The first-order valence-electron chi connectivity index (χ1n) is 12.0. The van der Waals surface area contributed by atoms with E-state index in [2.05, 4.69) is 20.8 Å². The van der Waals surface area contributed by atoms with Gasteiger partial charge in [0.1, 0.15) is 17.2 Å². The average Bonchev–Trinajstić information content (AvgIpc) is 2.76. The molecule has 2 rings (SSSR count). The third-order valence-corrected chi connectivity index (χ3v) is 6.48. The highest BCUT2D eigenvalue weighted by Gasteiger charge is 2.21. The predicted molar refractivity (Wildman–Crippen MR) is 136 cm³/mol. The minimum atomic E-state index is -0.0757. The van der Waals surface area contributed by atoms with Crippen molar-refractivity contribution >= 4 is 19.4 Å². The first kappa shape index (κ1) is 26.2. The molecule has 32 heavy (non-hydrogen) atoms. The van der Waals surface area contributed by atoms with Crippen molar-refractivity contribution in [1.82, 2.24) is 0 Å². The molecule has 0 heterocycles. The van der Waals surface area contributed by atoms with Gasteiger partial charge < -0.3 is 14.2 Å². The number of hydrogen-bond acceptors (Lipinski definition) is 4. The summed E-state index contributed by atoms with van der Waals surface area (Å²) in [6, 6.07) is 9.83. The summed E-state index contributed by atoms with van der Waals surface area (Å²) in [5.74, 6) is 2.15. The Bertz CT molecular complexity index is 811. The van der Waals surface area contributed by atoms with E-state index >= 15 is 0 Å². The van der Waals surface area contributed by atoms with E-state index in [1.54, 1.807) is 0 Å². The predicted octanol–water partition coefficient (Wildman–Crippen LogP) is 6.98. The van der Waals surface area contributed by atoms with E-state index in [-0.39, 0.29) is 14.1 Å². The molecule has 0 radical (unpaired) electrons. The van der Waals surface area contributed by atoms with Gasteiger partial charge in [-0.05, 0) is 52.8 Å². The summed E-state index contributed by atoms with van der Waals surface area (Å²) in [4.78, 5) is 13.4. The van der Waals surface area contributed by atoms with Gasteiger partial charge in [-0.2, -0.15) is 0 Å². The Morgan fingerprint density at radius 2 is 1.25 bits per heavy atom. The maximum absolute atomic E-state index is 13.4. The second-order valence-corrected chi connectivity index (χ2v) is 9.33. The van der Waals surface area contributed by atoms with Gasteiger partial charge in [0, 0.05) is 17.7 Å². The number of aryl methyl sites for hydroxylation is 2. The van der Waals surface area contributed by atoms with Gasteiger partial charge in [-0.25, -0.2) is 0 Å². The molecule has 0 aromatic heterocycles. The third kappa shape index (κ3) is 7.81. The molecule has 1 atom stereocenters. The Labute approximate surface area is 195 Å². The summed E-state index contributed by atoms with van der Waals surface area (Å²) in [5.41, 5.74) is 2.92. The van der Waals surface area contributed by atoms with Crippen LogP contribution in [-0.2, 0) is 0 Å². The van der Waals surface area contributed by atoms with Crippen LogP contribution in [0.2, 0.25) is 0 Å². The van der Waals surface area contributed by atoms with Gasteiger partial charge in [0.05, 0.1) is 25.1 Å². The molecule has 5 heteroatoms.